The van der Waals surface area contributed by atoms with Gasteiger partial charge in [0.1, 0.15) is 18.1 Å². The van der Waals surface area contributed by atoms with Crippen LogP contribution in [0, 0.1) is 0 Å². The summed E-state index contributed by atoms with van der Waals surface area (Å²) >= 11 is 0. The predicted octanol–water partition coefficient (Wildman–Crippen LogP) is -2.51. The van der Waals surface area contributed by atoms with Crippen molar-refractivity contribution in [2.45, 2.75) is 62.9 Å². The third-order valence-corrected chi connectivity index (χ3v) is 6.09. The molecule has 16 nitrogen and oxygen atoms in total. The average Bonchev–Trinajstić information content (AvgIpc) is 3.30. The largest absolute Gasteiger partial charge is 0.481 e. The summed E-state index contributed by atoms with van der Waals surface area (Å²) in [5.41, 5.74) is 18.0. The quantitative estimate of drug-likeness (QED) is 0.0565. The van der Waals surface area contributed by atoms with E-state index in [0.29, 0.717) is 12.0 Å². The van der Waals surface area contributed by atoms with E-state index in [9.17, 15) is 34.2 Å². The van der Waals surface area contributed by atoms with Crippen LogP contribution in [0.25, 0.3) is 10.9 Å². The van der Waals surface area contributed by atoms with Gasteiger partial charge in [-0.1, -0.05) is 18.2 Å². The molecule has 0 saturated carbocycles. The molecule has 16 heteroatoms. The molecule has 224 valence electrons. The number of carbonyl (C=O) groups is 5. The van der Waals surface area contributed by atoms with E-state index in [2.05, 4.69) is 20.6 Å². The Bertz CT molecular complexity index is 1270. The second kappa shape index (κ2) is 15.2. The van der Waals surface area contributed by atoms with Crippen molar-refractivity contribution in [1.82, 2.24) is 20.9 Å². The number of aliphatic carboxylic acids is 2. The second-order valence-corrected chi connectivity index (χ2v) is 9.40. The number of aliphatic hydroxyl groups excluding tert-OH is 1. The number of carbonyl (C=O) groups excluding carboxylic acids is 3. The summed E-state index contributed by atoms with van der Waals surface area (Å²) in [7, 11) is 0. The Morgan fingerprint density at radius 2 is 1.63 bits per heavy atom. The number of benzene rings is 1. The van der Waals surface area contributed by atoms with Gasteiger partial charge in [0.25, 0.3) is 0 Å². The van der Waals surface area contributed by atoms with Crippen molar-refractivity contribution in [1.29, 1.82) is 0 Å². The summed E-state index contributed by atoms with van der Waals surface area (Å²) in [4.78, 5) is 68.3. The lowest BCUT2D eigenvalue weighted by Crippen LogP contribution is -2.60. The van der Waals surface area contributed by atoms with Gasteiger partial charge in [0, 0.05) is 30.1 Å². The van der Waals surface area contributed by atoms with Crippen molar-refractivity contribution in [3.63, 3.8) is 0 Å². The van der Waals surface area contributed by atoms with Gasteiger partial charge in [0.15, 0.2) is 5.96 Å². The fraction of sp³-hybridized carbons (Fsp3) is 0.440. The van der Waals surface area contributed by atoms with Crippen molar-refractivity contribution in [3.05, 3.63) is 36.0 Å². The van der Waals surface area contributed by atoms with Gasteiger partial charge in [0.05, 0.1) is 18.6 Å². The molecule has 1 aromatic heterocycles. The van der Waals surface area contributed by atoms with Crippen LogP contribution < -0.4 is 33.2 Å². The van der Waals surface area contributed by atoms with Crippen molar-refractivity contribution in [2.24, 2.45) is 22.2 Å². The number of carboxylic acid groups (broad SMARTS) is 2. The highest BCUT2D eigenvalue weighted by atomic mass is 16.4. The molecule has 0 radical (unpaired) electrons. The molecule has 41 heavy (non-hydrogen) atoms. The molecule has 13 N–H and O–H groups in total. The lowest BCUT2D eigenvalue weighted by molar-refractivity contribution is -0.148. The Morgan fingerprint density at radius 3 is 2.24 bits per heavy atom. The van der Waals surface area contributed by atoms with Gasteiger partial charge in [0.2, 0.25) is 17.7 Å². The molecular weight excluding hydrogens is 540 g/mol. The molecule has 5 unspecified atom stereocenters. The van der Waals surface area contributed by atoms with E-state index in [-0.39, 0.29) is 25.3 Å². The average molecular weight is 577 g/mol. The van der Waals surface area contributed by atoms with Crippen LogP contribution in [0.3, 0.4) is 0 Å². The highest BCUT2D eigenvalue weighted by Crippen LogP contribution is 2.19. The second-order valence-electron chi connectivity index (χ2n) is 9.40. The van der Waals surface area contributed by atoms with E-state index >= 15 is 0 Å². The van der Waals surface area contributed by atoms with Crippen LogP contribution >= 0.6 is 0 Å². The summed E-state index contributed by atoms with van der Waals surface area (Å²) < 4.78 is 0. The number of hydrogen-bond acceptors (Lipinski definition) is 8. The maximum atomic E-state index is 13.4. The van der Waals surface area contributed by atoms with Gasteiger partial charge in [-0.3, -0.25) is 24.2 Å². The van der Waals surface area contributed by atoms with E-state index < -0.39 is 66.4 Å². The normalized spacial score (nSPS) is 14.6. The Morgan fingerprint density at radius 1 is 0.976 bits per heavy atom. The molecule has 0 aliphatic carbocycles. The predicted molar refractivity (Wildman–Crippen MR) is 147 cm³/mol. The number of fused-ring (bicyclic) bond motifs is 1. The smallest absolute Gasteiger partial charge is 0.326 e. The molecule has 0 spiro atoms. The van der Waals surface area contributed by atoms with E-state index in [0.717, 1.165) is 10.9 Å². The maximum Gasteiger partial charge on any atom is 0.326 e. The number of nitrogens with two attached hydrogens (primary N) is 3. The van der Waals surface area contributed by atoms with Crippen LogP contribution in [-0.2, 0) is 30.4 Å². The van der Waals surface area contributed by atoms with Crippen molar-refractivity contribution in [2.75, 3.05) is 6.54 Å². The molecule has 5 atom stereocenters. The van der Waals surface area contributed by atoms with Crippen LogP contribution in [0.2, 0.25) is 0 Å². The third-order valence-electron chi connectivity index (χ3n) is 6.09. The molecule has 1 aromatic carbocycles. The number of guanidine groups is 1. The van der Waals surface area contributed by atoms with Crippen molar-refractivity contribution < 1.29 is 39.3 Å². The molecular formula is C25H36N8O8. The lowest BCUT2D eigenvalue weighted by atomic mass is 10.0. The highest BCUT2D eigenvalue weighted by Gasteiger charge is 2.33. The van der Waals surface area contributed by atoms with Gasteiger partial charge in [-0.05, 0) is 31.4 Å². The molecule has 0 aliphatic rings. The van der Waals surface area contributed by atoms with Crippen LogP contribution in [0.5, 0.6) is 0 Å². The Hall–Kier alpha value is -4.70. The van der Waals surface area contributed by atoms with Crippen LogP contribution in [0.4, 0.5) is 0 Å². The number of carboxylic acids is 2. The lowest BCUT2D eigenvalue weighted by Gasteiger charge is -2.26. The number of nitrogens with zero attached hydrogens (tertiary/aromatic N) is 1. The fourth-order valence-electron chi connectivity index (χ4n) is 3.95. The monoisotopic (exact) mass is 576 g/mol. The van der Waals surface area contributed by atoms with E-state index in [1.807, 2.05) is 23.5 Å². The number of hydrogen-bond donors (Lipinski definition) is 10. The molecule has 1 heterocycles. The molecule has 0 fully saturated rings. The zero-order chi connectivity index (χ0) is 30.7. The number of amides is 3. The summed E-state index contributed by atoms with van der Waals surface area (Å²) in [6.07, 6.45) is -0.232. The number of H-pyrrole nitrogens is 1. The number of aliphatic imine (C=N–C) groups is 1. The summed E-state index contributed by atoms with van der Waals surface area (Å²) in [5.74, 6) is -5.87. The highest BCUT2D eigenvalue weighted by molar-refractivity contribution is 5.95. The number of aromatic nitrogens is 1. The minimum atomic E-state index is -1.81. The number of para-hydroxylation sites is 1. The number of nitrogens with one attached hydrogen (secondary N) is 4. The van der Waals surface area contributed by atoms with E-state index in [1.54, 1.807) is 12.3 Å². The fourth-order valence-corrected chi connectivity index (χ4v) is 3.95. The van der Waals surface area contributed by atoms with Gasteiger partial charge in [-0.15, -0.1) is 0 Å². The zero-order valence-electron chi connectivity index (χ0n) is 22.4. The van der Waals surface area contributed by atoms with Gasteiger partial charge in [-0.25, -0.2) is 4.79 Å². The third kappa shape index (κ3) is 10.1. The summed E-state index contributed by atoms with van der Waals surface area (Å²) in [6.45, 7) is 1.42. The Kier molecular flexibility index (Phi) is 12.0. The number of aromatic amines is 1. The maximum absolute atomic E-state index is 13.4. The molecule has 0 saturated heterocycles. The first-order valence-electron chi connectivity index (χ1n) is 12.7. The molecule has 0 bridgehead atoms. The summed E-state index contributed by atoms with van der Waals surface area (Å²) in [6, 6.07) is 1.47. The standard InChI is InChI=1S/C25H36N8O8/c1-12(34)20(23(39)32-18(24(40)41)10-19(35)36)33-22(38)17(9-13-11-30-16-7-3-2-5-14(13)16)31-21(37)15(26)6-4-8-29-25(27)28/h2-3,5,7,11-12,15,17-18,20,30,34H,4,6,8-10,26H2,1H3,(H,31,37)(H,32,39)(H,33,38)(H,35,36)(H,40,41)(H4,27,28,29). The molecule has 2 aromatic rings. The SMILES string of the molecule is CC(O)C(NC(=O)C(Cc1c[nH]c2ccccc12)NC(=O)C(N)CCCN=C(N)N)C(=O)NC(CC(=O)O)C(=O)O. The molecule has 3 amide bonds. The van der Waals surface area contributed by atoms with Gasteiger partial charge >= 0.3 is 11.9 Å². The Labute approximate surface area is 234 Å². The minimum absolute atomic E-state index is 0.0345. The van der Waals surface area contributed by atoms with Crippen molar-refractivity contribution >= 4 is 46.5 Å². The molecule has 2 rings (SSSR count). The number of rotatable bonds is 16. The topological polar surface area (TPSA) is 288 Å². The Balaban J connectivity index is 2.25. The van der Waals surface area contributed by atoms with Crippen molar-refractivity contribution in [3.8, 4) is 0 Å². The minimum Gasteiger partial charge on any atom is -0.481 e. The first-order chi connectivity index (χ1) is 19.3. The molecule has 0 aliphatic heterocycles. The van der Waals surface area contributed by atoms with Crippen LogP contribution in [-0.4, -0.2) is 92.7 Å². The summed E-state index contributed by atoms with van der Waals surface area (Å²) in [5, 5.41) is 36.1. The zero-order valence-corrected chi connectivity index (χ0v) is 22.4. The first kappa shape index (κ1) is 32.5. The number of aliphatic hydroxyl groups is 1. The van der Waals surface area contributed by atoms with E-state index in [4.69, 9.17) is 22.3 Å². The van der Waals surface area contributed by atoms with Gasteiger partial charge in [-0.2, -0.15) is 0 Å². The van der Waals surface area contributed by atoms with Gasteiger partial charge < -0.3 is 53.5 Å². The van der Waals surface area contributed by atoms with Crippen LogP contribution in [0.1, 0.15) is 31.7 Å². The van der Waals surface area contributed by atoms with E-state index in [1.165, 1.54) is 6.92 Å². The first-order valence-corrected chi connectivity index (χ1v) is 12.7. The van der Waals surface area contributed by atoms with Crippen LogP contribution in [0.15, 0.2) is 35.5 Å².